The Labute approximate surface area is 75.6 Å². The zero-order valence-electron chi connectivity index (χ0n) is 6.69. The molecule has 0 aliphatic heterocycles. The van der Waals surface area contributed by atoms with E-state index >= 15 is 0 Å². The third-order valence-corrected chi connectivity index (χ3v) is 1.79. The Bertz CT molecular complexity index is 472. The number of fused-ring (bicyclic) bond motifs is 1. The molecule has 1 aromatic heterocycles. The average Bonchev–Trinajstić information content (AvgIpc) is 2.47. The van der Waals surface area contributed by atoms with E-state index in [1.807, 2.05) is 0 Å². The fraction of sp³-hybridized carbons (Fsp3) is 0.125. The van der Waals surface area contributed by atoms with Crippen LogP contribution >= 0.6 is 0 Å². The smallest absolute Gasteiger partial charge is 0.344 e. The van der Waals surface area contributed by atoms with Crippen LogP contribution in [0, 0.1) is 5.82 Å². The van der Waals surface area contributed by atoms with Gasteiger partial charge in [0.25, 0.3) is 0 Å². The second-order valence-corrected chi connectivity index (χ2v) is 2.75. The lowest BCUT2D eigenvalue weighted by atomic mass is 10.1. The highest BCUT2D eigenvalue weighted by Gasteiger charge is 2.34. The van der Waals surface area contributed by atoms with Gasteiger partial charge in [0.1, 0.15) is 11.3 Å². The molecule has 0 radical (unpaired) electrons. The molecule has 0 spiro atoms. The van der Waals surface area contributed by atoms with Gasteiger partial charge in [-0.05, 0) is 12.1 Å². The number of hydrogen-bond donors (Lipinski definition) is 1. The molecule has 14 heavy (non-hydrogen) atoms. The number of aromatic nitrogens is 2. The van der Waals surface area contributed by atoms with Crippen LogP contribution in [-0.4, -0.2) is 9.97 Å². The summed E-state index contributed by atoms with van der Waals surface area (Å²) in [6, 6.07) is 1.40. The topological polar surface area (TPSA) is 28.7 Å². The van der Waals surface area contributed by atoms with Crippen LogP contribution in [0.1, 0.15) is 5.56 Å². The van der Waals surface area contributed by atoms with Crippen LogP contribution in [0.2, 0.25) is 0 Å². The number of nitrogens with zero attached hydrogens (tertiary/aromatic N) is 1. The first-order chi connectivity index (χ1) is 6.48. The van der Waals surface area contributed by atoms with Gasteiger partial charge < -0.3 is 4.98 Å². The van der Waals surface area contributed by atoms with Crippen molar-refractivity contribution < 1.29 is 17.6 Å². The fourth-order valence-corrected chi connectivity index (χ4v) is 1.23. The molecule has 0 aliphatic carbocycles. The number of rotatable bonds is 0. The first kappa shape index (κ1) is 8.98. The number of nitrogens with one attached hydrogen (secondary N) is 1. The quantitative estimate of drug-likeness (QED) is 0.656. The normalized spacial score (nSPS) is 12.3. The van der Waals surface area contributed by atoms with E-state index in [0.717, 1.165) is 12.4 Å². The Hall–Kier alpha value is -1.59. The second-order valence-electron chi connectivity index (χ2n) is 2.75. The van der Waals surface area contributed by atoms with E-state index in [1.54, 1.807) is 0 Å². The third kappa shape index (κ3) is 1.32. The summed E-state index contributed by atoms with van der Waals surface area (Å²) < 4.78 is 49.8. The van der Waals surface area contributed by atoms with Gasteiger partial charge >= 0.3 is 6.18 Å². The SMILES string of the molecule is Fc1cc(C(F)(F)F)c2nc[nH]c2c1. The summed E-state index contributed by atoms with van der Waals surface area (Å²) in [5, 5.41) is 0. The molecule has 0 unspecified atom stereocenters. The highest BCUT2D eigenvalue weighted by Crippen LogP contribution is 2.33. The van der Waals surface area contributed by atoms with E-state index in [4.69, 9.17) is 0 Å². The monoisotopic (exact) mass is 204 g/mol. The van der Waals surface area contributed by atoms with E-state index in [2.05, 4.69) is 9.97 Å². The Morgan fingerprint density at radius 3 is 2.57 bits per heavy atom. The average molecular weight is 204 g/mol. The van der Waals surface area contributed by atoms with Crippen molar-refractivity contribution in [3.8, 4) is 0 Å². The van der Waals surface area contributed by atoms with Crippen molar-refractivity contribution >= 4 is 11.0 Å². The Morgan fingerprint density at radius 1 is 1.21 bits per heavy atom. The summed E-state index contributed by atoms with van der Waals surface area (Å²) in [7, 11) is 0. The summed E-state index contributed by atoms with van der Waals surface area (Å²) in [6.07, 6.45) is -3.49. The molecule has 0 saturated carbocycles. The lowest BCUT2D eigenvalue weighted by molar-refractivity contribution is -0.136. The molecule has 1 N–H and O–H groups in total. The molecule has 0 aliphatic rings. The van der Waals surface area contributed by atoms with Crippen molar-refractivity contribution in [2.75, 3.05) is 0 Å². The molecule has 0 atom stereocenters. The van der Waals surface area contributed by atoms with Crippen molar-refractivity contribution in [1.82, 2.24) is 9.97 Å². The molecule has 2 nitrogen and oxygen atoms in total. The van der Waals surface area contributed by atoms with Crippen LogP contribution in [-0.2, 0) is 6.18 Å². The largest absolute Gasteiger partial charge is 0.418 e. The maximum atomic E-state index is 12.8. The first-order valence-corrected chi connectivity index (χ1v) is 3.68. The number of benzene rings is 1. The molecule has 74 valence electrons. The molecule has 0 amide bonds. The molecule has 0 fully saturated rings. The predicted octanol–water partition coefficient (Wildman–Crippen LogP) is 2.72. The molecule has 6 heteroatoms. The van der Waals surface area contributed by atoms with Gasteiger partial charge in [-0.1, -0.05) is 0 Å². The van der Waals surface area contributed by atoms with E-state index in [-0.39, 0.29) is 11.0 Å². The third-order valence-electron chi connectivity index (χ3n) is 1.79. The number of H-pyrrole nitrogens is 1. The van der Waals surface area contributed by atoms with E-state index in [9.17, 15) is 17.6 Å². The maximum Gasteiger partial charge on any atom is 0.418 e. The number of hydrogen-bond acceptors (Lipinski definition) is 1. The van der Waals surface area contributed by atoms with Gasteiger partial charge in [-0.15, -0.1) is 0 Å². The van der Waals surface area contributed by atoms with E-state index in [0.29, 0.717) is 6.07 Å². The van der Waals surface area contributed by atoms with Crippen LogP contribution in [0.15, 0.2) is 18.5 Å². The molecule has 1 heterocycles. The van der Waals surface area contributed by atoms with Gasteiger partial charge in [-0.2, -0.15) is 13.2 Å². The minimum Gasteiger partial charge on any atom is -0.344 e. The van der Waals surface area contributed by atoms with Crippen molar-refractivity contribution in [2.24, 2.45) is 0 Å². The summed E-state index contributed by atoms with van der Waals surface area (Å²) in [4.78, 5) is 5.91. The lowest BCUT2D eigenvalue weighted by Gasteiger charge is -2.06. The Morgan fingerprint density at radius 2 is 1.93 bits per heavy atom. The van der Waals surface area contributed by atoms with Crippen LogP contribution in [0.5, 0.6) is 0 Å². The second kappa shape index (κ2) is 2.70. The van der Waals surface area contributed by atoms with Crippen molar-refractivity contribution in [2.45, 2.75) is 6.18 Å². The standard InChI is InChI=1S/C8H4F4N2/c9-4-1-5(8(10,11)12)7-6(2-4)13-3-14-7/h1-3H,(H,13,14). The highest BCUT2D eigenvalue weighted by molar-refractivity contribution is 5.78. The minimum absolute atomic E-state index is 0.0392. The van der Waals surface area contributed by atoms with Crippen molar-refractivity contribution in [3.63, 3.8) is 0 Å². The molecule has 0 bridgehead atoms. The van der Waals surface area contributed by atoms with Gasteiger partial charge in [0.05, 0.1) is 17.4 Å². The molecular weight excluding hydrogens is 200 g/mol. The molecule has 0 saturated heterocycles. The van der Waals surface area contributed by atoms with E-state index < -0.39 is 17.6 Å². The molecular formula is C8H4F4N2. The van der Waals surface area contributed by atoms with Gasteiger partial charge in [0.15, 0.2) is 0 Å². The number of alkyl halides is 3. The summed E-state index contributed by atoms with van der Waals surface area (Å²) in [6.45, 7) is 0. The Balaban J connectivity index is 2.80. The highest BCUT2D eigenvalue weighted by atomic mass is 19.4. The molecule has 2 aromatic rings. The van der Waals surface area contributed by atoms with Crippen LogP contribution in [0.3, 0.4) is 0 Å². The predicted molar refractivity (Wildman–Crippen MR) is 41.1 cm³/mol. The summed E-state index contributed by atoms with van der Waals surface area (Å²) in [5.41, 5.74) is -1.29. The minimum atomic E-state index is -4.59. The van der Waals surface area contributed by atoms with Crippen LogP contribution in [0.4, 0.5) is 17.6 Å². The molecule has 2 rings (SSSR count). The van der Waals surface area contributed by atoms with Crippen LogP contribution in [0.25, 0.3) is 11.0 Å². The number of halogens is 4. The zero-order chi connectivity index (χ0) is 10.3. The first-order valence-electron chi connectivity index (χ1n) is 3.68. The fourth-order valence-electron chi connectivity index (χ4n) is 1.23. The lowest BCUT2D eigenvalue weighted by Crippen LogP contribution is -2.06. The molecule has 1 aromatic carbocycles. The number of aromatic amines is 1. The van der Waals surface area contributed by atoms with E-state index in [1.165, 1.54) is 0 Å². The number of imidazole rings is 1. The van der Waals surface area contributed by atoms with Crippen molar-refractivity contribution in [1.29, 1.82) is 0 Å². The van der Waals surface area contributed by atoms with Gasteiger partial charge in [-0.3, -0.25) is 0 Å². The Kier molecular flexibility index (Phi) is 1.73. The van der Waals surface area contributed by atoms with Gasteiger partial charge in [0, 0.05) is 0 Å². The van der Waals surface area contributed by atoms with Crippen LogP contribution < -0.4 is 0 Å². The van der Waals surface area contributed by atoms with Gasteiger partial charge in [0.2, 0.25) is 0 Å². The summed E-state index contributed by atoms with van der Waals surface area (Å²) >= 11 is 0. The zero-order valence-corrected chi connectivity index (χ0v) is 6.69. The summed E-state index contributed by atoms with van der Waals surface area (Å²) in [5.74, 6) is -0.936. The van der Waals surface area contributed by atoms with Gasteiger partial charge in [-0.25, -0.2) is 9.37 Å². The maximum absolute atomic E-state index is 12.8. The van der Waals surface area contributed by atoms with Crippen molar-refractivity contribution in [3.05, 3.63) is 29.8 Å².